The van der Waals surface area contributed by atoms with E-state index in [9.17, 15) is 4.79 Å². The van der Waals surface area contributed by atoms with Crippen LogP contribution in [0.2, 0.25) is 0 Å². The Bertz CT molecular complexity index is 586. The third kappa shape index (κ3) is 3.59. The van der Waals surface area contributed by atoms with Gasteiger partial charge in [0, 0.05) is 19.5 Å². The first-order chi connectivity index (χ1) is 9.58. The molecule has 2 rings (SSSR count). The molecule has 1 aromatic carbocycles. The van der Waals surface area contributed by atoms with Gasteiger partial charge in [0.05, 0.1) is 11.0 Å². The summed E-state index contributed by atoms with van der Waals surface area (Å²) < 4.78 is 2.21. The van der Waals surface area contributed by atoms with Crippen molar-refractivity contribution in [3.8, 4) is 0 Å². The lowest BCUT2D eigenvalue weighted by molar-refractivity contribution is -0.121. The van der Waals surface area contributed by atoms with Gasteiger partial charge in [-0.3, -0.25) is 4.79 Å². The molecule has 0 aliphatic carbocycles. The van der Waals surface area contributed by atoms with E-state index in [1.165, 1.54) is 5.52 Å². The highest BCUT2D eigenvalue weighted by atomic mass is 16.1. The van der Waals surface area contributed by atoms with E-state index in [-0.39, 0.29) is 5.91 Å². The highest BCUT2D eigenvalue weighted by molar-refractivity contribution is 5.76. The zero-order valence-electron chi connectivity index (χ0n) is 12.5. The molecule has 1 amide bonds. The second kappa shape index (κ2) is 6.55. The summed E-state index contributed by atoms with van der Waals surface area (Å²) in [5.74, 6) is 1.58. The maximum absolute atomic E-state index is 11.6. The van der Waals surface area contributed by atoms with Crippen LogP contribution in [-0.2, 0) is 11.3 Å². The number of carbonyl (C=O) groups is 1. The lowest BCUT2D eigenvalue weighted by Gasteiger charge is -2.09. The van der Waals surface area contributed by atoms with Crippen molar-refractivity contribution in [2.45, 2.75) is 40.2 Å². The van der Waals surface area contributed by atoms with E-state index in [0.717, 1.165) is 30.9 Å². The minimum atomic E-state index is 0.146. The molecule has 20 heavy (non-hydrogen) atoms. The molecule has 1 heterocycles. The van der Waals surface area contributed by atoms with Crippen LogP contribution in [0.5, 0.6) is 0 Å². The third-order valence-electron chi connectivity index (χ3n) is 3.32. The molecule has 0 saturated carbocycles. The smallest absolute Gasteiger partial charge is 0.220 e. The Morgan fingerprint density at radius 2 is 2.10 bits per heavy atom. The fourth-order valence-electron chi connectivity index (χ4n) is 2.39. The molecule has 0 unspecified atom stereocenters. The SMILES string of the molecule is Cc1nc2ccccc2n1CCCNC(=O)CC(C)C. The molecule has 108 valence electrons. The summed E-state index contributed by atoms with van der Waals surface area (Å²) in [6.07, 6.45) is 1.53. The molecule has 4 heteroatoms. The molecule has 0 aliphatic heterocycles. The normalized spacial score (nSPS) is 11.2. The number of aromatic nitrogens is 2. The number of nitrogens with zero attached hydrogens (tertiary/aromatic N) is 2. The molecule has 0 saturated heterocycles. The Balaban J connectivity index is 1.87. The average Bonchev–Trinajstić information content (AvgIpc) is 2.70. The number of rotatable bonds is 6. The number of carbonyl (C=O) groups excluding carboxylic acids is 1. The Morgan fingerprint density at radius 3 is 2.85 bits per heavy atom. The van der Waals surface area contributed by atoms with Gasteiger partial charge in [0.25, 0.3) is 0 Å². The molecular formula is C16H23N3O. The van der Waals surface area contributed by atoms with Crippen molar-refractivity contribution in [1.29, 1.82) is 0 Å². The Hall–Kier alpha value is -1.84. The van der Waals surface area contributed by atoms with Crippen LogP contribution in [0.25, 0.3) is 11.0 Å². The summed E-state index contributed by atoms with van der Waals surface area (Å²) in [5, 5.41) is 2.97. The molecule has 0 aliphatic rings. The predicted octanol–water partition coefficient (Wildman–Crippen LogP) is 2.90. The number of imidazole rings is 1. The summed E-state index contributed by atoms with van der Waals surface area (Å²) in [4.78, 5) is 16.1. The summed E-state index contributed by atoms with van der Waals surface area (Å²) in [7, 11) is 0. The van der Waals surface area contributed by atoms with Gasteiger partial charge in [0.15, 0.2) is 0 Å². The van der Waals surface area contributed by atoms with Gasteiger partial charge in [0.1, 0.15) is 5.82 Å². The lowest BCUT2D eigenvalue weighted by atomic mass is 10.1. The number of benzene rings is 1. The highest BCUT2D eigenvalue weighted by Crippen LogP contribution is 2.15. The molecule has 4 nitrogen and oxygen atoms in total. The van der Waals surface area contributed by atoms with Crippen molar-refractivity contribution in [1.82, 2.24) is 14.9 Å². The van der Waals surface area contributed by atoms with Gasteiger partial charge in [-0.15, -0.1) is 0 Å². The van der Waals surface area contributed by atoms with Crippen molar-refractivity contribution in [2.24, 2.45) is 5.92 Å². The molecule has 0 spiro atoms. The predicted molar refractivity (Wildman–Crippen MR) is 81.6 cm³/mol. The highest BCUT2D eigenvalue weighted by Gasteiger charge is 2.07. The number of para-hydroxylation sites is 2. The fourth-order valence-corrected chi connectivity index (χ4v) is 2.39. The van der Waals surface area contributed by atoms with Gasteiger partial charge >= 0.3 is 0 Å². The number of aryl methyl sites for hydroxylation is 2. The summed E-state index contributed by atoms with van der Waals surface area (Å²) >= 11 is 0. The van der Waals surface area contributed by atoms with E-state index in [1.54, 1.807) is 0 Å². The molecule has 0 fully saturated rings. The maximum atomic E-state index is 11.6. The number of fused-ring (bicyclic) bond motifs is 1. The molecule has 1 aromatic heterocycles. The second-order valence-corrected chi connectivity index (χ2v) is 5.60. The Labute approximate surface area is 120 Å². The first kappa shape index (κ1) is 14.6. The summed E-state index contributed by atoms with van der Waals surface area (Å²) in [5.41, 5.74) is 2.20. The summed E-state index contributed by atoms with van der Waals surface area (Å²) in [6.45, 7) is 7.74. The van der Waals surface area contributed by atoms with Gasteiger partial charge in [-0.2, -0.15) is 0 Å². The van der Waals surface area contributed by atoms with Gasteiger partial charge < -0.3 is 9.88 Å². The van der Waals surface area contributed by atoms with Crippen LogP contribution in [0, 0.1) is 12.8 Å². The molecule has 0 radical (unpaired) electrons. The van der Waals surface area contributed by atoms with E-state index >= 15 is 0 Å². The number of hydrogen-bond donors (Lipinski definition) is 1. The van der Waals surface area contributed by atoms with E-state index in [4.69, 9.17) is 0 Å². The van der Waals surface area contributed by atoms with E-state index < -0.39 is 0 Å². The van der Waals surface area contributed by atoms with Gasteiger partial charge in [-0.1, -0.05) is 26.0 Å². The van der Waals surface area contributed by atoms with E-state index in [0.29, 0.717) is 12.3 Å². The Morgan fingerprint density at radius 1 is 1.35 bits per heavy atom. The first-order valence-corrected chi connectivity index (χ1v) is 7.26. The van der Waals surface area contributed by atoms with Crippen LogP contribution in [0.4, 0.5) is 0 Å². The largest absolute Gasteiger partial charge is 0.356 e. The van der Waals surface area contributed by atoms with Gasteiger partial charge in [-0.25, -0.2) is 4.98 Å². The Kier molecular flexibility index (Phi) is 4.77. The topological polar surface area (TPSA) is 46.9 Å². The first-order valence-electron chi connectivity index (χ1n) is 7.26. The maximum Gasteiger partial charge on any atom is 0.220 e. The average molecular weight is 273 g/mol. The standard InChI is InChI=1S/C16H23N3O/c1-12(2)11-16(20)17-9-6-10-19-13(3)18-14-7-4-5-8-15(14)19/h4-5,7-8,12H,6,9-11H2,1-3H3,(H,17,20). The fraction of sp³-hybridized carbons (Fsp3) is 0.500. The van der Waals surface area contributed by atoms with Crippen LogP contribution in [0.15, 0.2) is 24.3 Å². The lowest BCUT2D eigenvalue weighted by Crippen LogP contribution is -2.26. The molecule has 1 N–H and O–H groups in total. The van der Waals surface area contributed by atoms with E-state index in [2.05, 4.69) is 34.8 Å². The van der Waals surface area contributed by atoms with Crippen molar-refractivity contribution >= 4 is 16.9 Å². The summed E-state index contributed by atoms with van der Waals surface area (Å²) in [6, 6.07) is 8.16. The zero-order valence-corrected chi connectivity index (χ0v) is 12.5. The van der Waals surface area contributed by atoms with Crippen LogP contribution in [0.3, 0.4) is 0 Å². The molecule has 0 bridgehead atoms. The molecule has 0 atom stereocenters. The van der Waals surface area contributed by atoms with E-state index in [1.807, 2.05) is 25.1 Å². The molecular weight excluding hydrogens is 250 g/mol. The quantitative estimate of drug-likeness (QED) is 0.823. The van der Waals surface area contributed by atoms with Crippen molar-refractivity contribution in [3.05, 3.63) is 30.1 Å². The number of amides is 1. The van der Waals surface area contributed by atoms with Crippen LogP contribution < -0.4 is 5.32 Å². The van der Waals surface area contributed by atoms with Gasteiger partial charge in [0.2, 0.25) is 5.91 Å². The van der Waals surface area contributed by atoms with Crippen LogP contribution in [0.1, 0.15) is 32.5 Å². The van der Waals surface area contributed by atoms with Crippen molar-refractivity contribution < 1.29 is 4.79 Å². The van der Waals surface area contributed by atoms with Gasteiger partial charge in [-0.05, 0) is 31.4 Å². The number of hydrogen-bond acceptors (Lipinski definition) is 2. The third-order valence-corrected chi connectivity index (χ3v) is 3.32. The van der Waals surface area contributed by atoms with Crippen LogP contribution in [-0.4, -0.2) is 22.0 Å². The monoisotopic (exact) mass is 273 g/mol. The minimum absolute atomic E-state index is 0.146. The molecule has 2 aromatic rings. The van der Waals surface area contributed by atoms with Crippen molar-refractivity contribution in [3.63, 3.8) is 0 Å². The zero-order chi connectivity index (χ0) is 14.5. The minimum Gasteiger partial charge on any atom is -0.356 e. The second-order valence-electron chi connectivity index (χ2n) is 5.60. The van der Waals surface area contributed by atoms with Crippen LogP contribution >= 0.6 is 0 Å². The number of nitrogens with one attached hydrogen (secondary N) is 1. The van der Waals surface area contributed by atoms with Crippen molar-refractivity contribution in [2.75, 3.05) is 6.54 Å².